The molecule has 0 aliphatic rings. The van der Waals surface area contributed by atoms with Gasteiger partial charge in [0.15, 0.2) is 0 Å². The lowest BCUT2D eigenvalue weighted by atomic mass is 10.4. The Labute approximate surface area is 65.9 Å². The molecule has 4 nitrogen and oxygen atoms in total. The van der Waals surface area contributed by atoms with Crippen LogP contribution in [0.3, 0.4) is 0 Å². The molecular weight excluding hydrogens is 146 g/mol. The zero-order valence-corrected chi connectivity index (χ0v) is 6.85. The minimum atomic E-state index is -0.527. The summed E-state index contributed by atoms with van der Waals surface area (Å²) in [6, 6.07) is 0. The van der Waals surface area contributed by atoms with Gasteiger partial charge in [0.2, 0.25) is 5.78 Å². The van der Waals surface area contributed by atoms with Gasteiger partial charge in [-0.1, -0.05) is 0 Å². The Kier molecular flexibility index (Phi) is 5.37. The molecule has 0 aliphatic carbocycles. The molecule has 0 unspecified atom stereocenters. The normalized spacial score (nSPS) is 9.27. The predicted molar refractivity (Wildman–Crippen MR) is 40.2 cm³/mol. The lowest BCUT2D eigenvalue weighted by Crippen LogP contribution is -2.30. The number of amides is 1. The number of ether oxygens (including phenoxy) is 1. The molecule has 4 heteroatoms. The minimum Gasteiger partial charge on any atom is -0.385 e. The van der Waals surface area contributed by atoms with Crippen molar-refractivity contribution in [2.45, 2.75) is 13.3 Å². The van der Waals surface area contributed by atoms with Crippen molar-refractivity contribution >= 4 is 11.7 Å². The molecule has 0 aromatic heterocycles. The Morgan fingerprint density at radius 1 is 1.45 bits per heavy atom. The van der Waals surface area contributed by atoms with Crippen molar-refractivity contribution in [3.05, 3.63) is 0 Å². The molecule has 0 bridgehead atoms. The highest BCUT2D eigenvalue weighted by Crippen LogP contribution is 1.77. The lowest BCUT2D eigenvalue weighted by Gasteiger charge is -2.00. The van der Waals surface area contributed by atoms with Gasteiger partial charge in [-0.15, -0.1) is 0 Å². The molecule has 0 fully saturated rings. The third kappa shape index (κ3) is 5.54. The molecule has 0 atom stereocenters. The summed E-state index contributed by atoms with van der Waals surface area (Å²) in [6.45, 7) is 2.33. The Morgan fingerprint density at radius 2 is 2.09 bits per heavy atom. The van der Waals surface area contributed by atoms with Crippen LogP contribution in [-0.4, -0.2) is 32.0 Å². The largest absolute Gasteiger partial charge is 0.385 e. The fourth-order valence-electron chi connectivity index (χ4n) is 0.543. The van der Waals surface area contributed by atoms with E-state index < -0.39 is 11.7 Å². The molecule has 0 aromatic carbocycles. The van der Waals surface area contributed by atoms with Crippen LogP contribution in [0.25, 0.3) is 0 Å². The molecule has 1 N–H and O–H groups in total. The molecular formula is C7H13NO3. The summed E-state index contributed by atoms with van der Waals surface area (Å²) in [5.41, 5.74) is 0. The van der Waals surface area contributed by atoms with Gasteiger partial charge in [-0.2, -0.15) is 0 Å². The van der Waals surface area contributed by atoms with E-state index in [2.05, 4.69) is 5.32 Å². The van der Waals surface area contributed by atoms with Gasteiger partial charge < -0.3 is 10.1 Å². The second-order valence-corrected chi connectivity index (χ2v) is 2.16. The first-order valence-electron chi connectivity index (χ1n) is 3.46. The summed E-state index contributed by atoms with van der Waals surface area (Å²) in [4.78, 5) is 21.0. The van der Waals surface area contributed by atoms with Gasteiger partial charge in [-0.3, -0.25) is 9.59 Å². The number of Topliss-reactive ketones (excluding diaryl/α,β-unsaturated/α-hetero) is 1. The number of carbonyl (C=O) groups excluding carboxylic acids is 2. The maximum absolute atomic E-state index is 10.6. The fourth-order valence-corrected chi connectivity index (χ4v) is 0.543. The summed E-state index contributed by atoms with van der Waals surface area (Å²) < 4.78 is 4.75. The van der Waals surface area contributed by atoms with Crippen LogP contribution in [0.1, 0.15) is 13.3 Å². The van der Waals surface area contributed by atoms with E-state index in [0.717, 1.165) is 6.42 Å². The van der Waals surface area contributed by atoms with Crippen molar-refractivity contribution in [1.29, 1.82) is 0 Å². The van der Waals surface area contributed by atoms with Crippen LogP contribution in [0.5, 0.6) is 0 Å². The van der Waals surface area contributed by atoms with E-state index in [1.165, 1.54) is 6.92 Å². The van der Waals surface area contributed by atoms with Crippen LogP contribution in [0.15, 0.2) is 0 Å². The Balaban J connectivity index is 3.25. The molecule has 0 heterocycles. The molecule has 0 saturated carbocycles. The van der Waals surface area contributed by atoms with Gasteiger partial charge in [-0.25, -0.2) is 0 Å². The number of carbonyl (C=O) groups is 2. The Morgan fingerprint density at radius 3 is 2.55 bits per heavy atom. The van der Waals surface area contributed by atoms with Crippen molar-refractivity contribution in [3.63, 3.8) is 0 Å². The van der Waals surface area contributed by atoms with Crippen molar-refractivity contribution in [2.75, 3.05) is 20.3 Å². The standard InChI is InChI=1S/C7H13NO3/c1-6(9)7(10)8-4-3-5-11-2/h3-5H2,1-2H3,(H,8,10). The van der Waals surface area contributed by atoms with Crippen LogP contribution in [-0.2, 0) is 14.3 Å². The van der Waals surface area contributed by atoms with E-state index in [1.807, 2.05) is 0 Å². The van der Waals surface area contributed by atoms with Gasteiger partial charge in [0, 0.05) is 27.2 Å². The van der Waals surface area contributed by atoms with Crippen molar-refractivity contribution in [3.8, 4) is 0 Å². The number of rotatable bonds is 5. The van der Waals surface area contributed by atoms with Crippen LogP contribution in [0, 0.1) is 0 Å². The maximum atomic E-state index is 10.6. The average molecular weight is 159 g/mol. The number of hydrogen-bond donors (Lipinski definition) is 1. The van der Waals surface area contributed by atoms with Crippen LogP contribution in [0.2, 0.25) is 0 Å². The van der Waals surface area contributed by atoms with Crippen LogP contribution >= 0.6 is 0 Å². The van der Waals surface area contributed by atoms with E-state index in [1.54, 1.807) is 7.11 Å². The highest BCUT2D eigenvalue weighted by Gasteiger charge is 2.04. The summed E-state index contributed by atoms with van der Waals surface area (Å²) in [5, 5.41) is 2.45. The summed E-state index contributed by atoms with van der Waals surface area (Å²) in [6.07, 6.45) is 0.732. The second-order valence-electron chi connectivity index (χ2n) is 2.16. The van der Waals surface area contributed by atoms with Gasteiger partial charge in [0.25, 0.3) is 5.91 Å². The molecule has 11 heavy (non-hydrogen) atoms. The predicted octanol–water partition coefficient (Wildman–Crippen LogP) is -0.272. The summed E-state index contributed by atoms with van der Waals surface area (Å²) in [5.74, 6) is -0.983. The van der Waals surface area contributed by atoms with Crippen LogP contribution in [0.4, 0.5) is 0 Å². The third-order valence-corrected chi connectivity index (χ3v) is 1.13. The molecule has 0 spiro atoms. The monoisotopic (exact) mass is 159 g/mol. The Bertz CT molecular complexity index is 145. The van der Waals surface area contributed by atoms with Crippen molar-refractivity contribution in [2.24, 2.45) is 0 Å². The fraction of sp³-hybridized carbons (Fsp3) is 0.714. The number of ketones is 1. The zero-order valence-electron chi connectivity index (χ0n) is 6.85. The smallest absolute Gasteiger partial charge is 0.287 e. The number of hydrogen-bond acceptors (Lipinski definition) is 3. The molecule has 0 radical (unpaired) electrons. The molecule has 0 aromatic rings. The zero-order chi connectivity index (χ0) is 8.69. The average Bonchev–Trinajstić information content (AvgIpc) is 1.97. The van der Waals surface area contributed by atoms with Crippen molar-refractivity contribution in [1.82, 2.24) is 5.32 Å². The minimum absolute atomic E-state index is 0.456. The van der Waals surface area contributed by atoms with Gasteiger partial charge in [0.1, 0.15) is 0 Å². The molecule has 64 valence electrons. The number of nitrogens with one attached hydrogen (secondary N) is 1. The SMILES string of the molecule is COCCCNC(=O)C(C)=O. The van der Waals surface area contributed by atoms with E-state index in [-0.39, 0.29) is 0 Å². The highest BCUT2D eigenvalue weighted by molar-refractivity contribution is 6.35. The second kappa shape index (κ2) is 5.85. The van der Waals surface area contributed by atoms with Gasteiger partial charge in [-0.05, 0) is 6.42 Å². The van der Waals surface area contributed by atoms with E-state index in [4.69, 9.17) is 4.74 Å². The van der Waals surface area contributed by atoms with E-state index in [9.17, 15) is 9.59 Å². The first-order chi connectivity index (χ1) is 5.18. The molecule has 0 rings (SSSR count). The highest BCUT2D eigenvalue weighted by atomic mass is 16.5. The lowest BCUT2D eigenvalue weighted by molar-refractivity contribution is -0.136. The van der Waals surface area contributed by atoms with Gasteiger partial charge in [0.05, 0.1) is 0 Å². The topological polar surface area (TPSA) is 55.4 Å². The summed E-state index contributed by atoms with van der Waals surface area (Å²) >= 11 is 0. The summed E-state index contributed by atoms with van der Waals surface area (Å²) in [7, 11) is 1.59. The molecule has 0 saturated heterocycles. The quantitative estimate of drug-likeness (QED) is 0.443. The molecule has 0 aliphatic heterocycles. The van der Waals surface area contributed by atoms with Crippen molar-refractivity contribution < 1.29 is 14.3 Å². The Hall–Kier alpha value is -0.900. The third-order valence-electron chi connectivity index (χ3n) is 1.13. The first kappa shape index (κ1) is 10.1. The maximum Gasteiger partial charge on any atom is 0.287 e. The first-order valence-corrected chi connectivity index (χ1v) is 3.46. The van der Waals surface area contributed by atoms with E-state index in [0.29, 0.717) is 13.2 Å². The molecule has 1 amide bonds. The van der Waals surface area contributed by atoms with E-state index >= 15 is 0 Å². The number of methoxy groups -OCH3 is 1. The van der Waals surface area contributed by atoms with Crippen LogP contribution < -0.4 is 5.32 Å². The van der Waals surface area contributed by atoms with Gasteiger partial charge >= 0.3 is 0 Å².